The second-order valence-corrected chi connectivity index (χ2v) is 6.14. The summed E-state index contributed by atoms with van der Waals surface area (Å²) < 4.78 is 5.94. The van der Waals surface area contributed by atoms with Gasteiger partial charge in [-0.15, -0.1) is 0 Å². The Hall–Kier alpha value is -0.870. The summed E-state index contributed by atoms with van der Waals surface area (Å²) in [6.45, 7) is 10.1. The van der Waals surface area contributed by atoms with Gasteiger partial charge < -0.3 is 9.64 Å². The maximum atomic E-state index is 6.23. The highest BCUT2D eigenvalue weighted by Gasteiger charge is 2.33. The van der Waals surface area contributed by atoms with Crippen LogP contribution in [0.3, 0.4) is 0 Å². The van der Waals surface area contributed by atoms with Crippen molar-refractivity contribution in [1.82, 2.24) is 9.97 Å². The van der Waals surface area contributed by atoms with Gasteiger partial charge >= 0.3 is 0 Å². The quantitative estimate of drug-likeness (QED) is 0.799. The van der Waals surface area contributed by atoms with Gasteiger partial charge in [0.25, 0.3) is 0 Å². The summed E-state index contributed by atoms with van der Waals surface area (Å²) in [6.07, 6.45) is 3.67. The van der Waals surface area contributed by atoms with Crippen molar-refractivity contribution in [2.75, 3.05) is 18.0 Å². The van der Waals surface area contributed by atoms with Gasteiger partial charge in [-0.3, -0.25) is 0 Å². The second-order valence-electron chi connectivity index (χ2n) is 5.79. The maximum Gasteiger partial charge on any atom is 0.137 e. The zero-order chi connectivity index (χ0) is 14.0. The molecule has 1 aromatic rings. The second kappa shape index (κ2) is 5.63. The van der Waals surface area contributed by atoms with Crippen LogP contribution in [0.2, 0.25) is 5.15 Å². The molecule has 1 saturated heterocycles. The number of halogens is 1. The Morgan fingerprint density at radius 1 is 1.47 bits per heavy atom. The molecule has 0 aliphatic carbocycles. The highest BCUT2D eigenvalue weighted by Crippen LogP contribution is 2.30. The first-order chi connectivity index (χ1) is 8.93. The lowest BCUT2D eigenvalue weighted by Crippen LogP contribution is -2.52. The maximum absolute atomic E-state index is 6.23. The van der Waals surface area contributed by atoms with Crippen LogP contribution < -0.4 is 4.90 Å². The molecule has 1 fully saturated rings. The number of nitrogens with zero attached hydrogens (tertiary/aromatic N) is 3. The largest absolute Gasteiger partial charge is 0.369 e. The van der Waals surface area contributed by atoms with E-state index in [2.05, 4.69) is 42.6 Å². The third-order valence-electron chi connectivity index (χ3n) is 3.24. The van der Waals surface area contributed by atoms with Gasteiger partial charge in [-0.1, -0.05) is 24.9 Å². The number of morpholine rings is 1. The van der Waals surface area contributed by atoms with Crippen LogP contribution in [0.4, 0.5) is 5.82 Å². The molecule has 1 aliphatic rings. The first-order valence-electron chi connectivity index (χ1n) is 6.85. The van der Waals surface area contributed by atoms with Gasteiger partial charge in [0.2, 0.25) is 0 Å². The van der Waals surface area contributed by atoms with Crippen molar-refractivity contribution in [2.45, 2.75) is 52.2 Å². The molecule has 0 saturated carbocycles. The minimum absolute atomic E-state index is 0.168. The fourth-order valence-corrected chi connectivity index (χ4v) is 2.96. The summed E-state index contributed by atoms with van der Waals surface area (Å²) in [7, 11) is 0. The molecule has 1 unspecified atom stereocenters. The minimum Gasteiger partial charge on any atom is -0.369 e. The predicted molar refractivity (Wildman–Crippen MR) is 77.9 cm³/mol. The first-order valence-corrected chi connectivity index (χ1v) is 7.23. The van der Waals surface area contributed by atoms with Crippen molar-refractivity contribution < 1.29 is 4.74 Å². The third kappa shape index (κ3) is 3.37. The van der Waals surface area contributed by atoms with Crippen LogP contribution in [0.1, 0.15) is 39.7 Å². The van der Waals surface area contributed by atoms with E-state index in [1.165, 1.54) is 0 Å². The number of anilines is 1. The van der Waals surface area contributed by atoms with Gasteiger partial charge in [0.05, 0.1) is 11.7 Å². The molecular formula is C14H22ClN3O. The van der Waals surface area contributed by atoms with E-state index in [-0.39, 0.29) is 11.7 Å². The number of ether oxygens (including phenoxy) is 1. The summed E-state index contributed by atoms with van der Waals surface area (Å²) >= 11 is 6.23. The fraction of sp³-hybridized carbons (Fsp3) is 0.714. The standard InChI is InChI=1S/C14H22ClN3O/c1-5-6-11-12(15)16-9-17-13(11)18-7-10(2)19-14(3,4)8-18/h9-10H,5-8H2,1-4H3. The number of hydrogen-bond acceptors (Lipinski definition) is 4. The first kappa shape index (κ1) is 14.5. The van der Waals surface area contributed by atoms with E-state index in [0.717, 1.165) is 37.3 Å². The molecule has 2 heterocycles. The van der Waals surface area contributed by atoms with Crippen LogP contribution in [0.25, 0.3) is 0 Å². The van der Waals surface area contributed by atoms with Crippen LogP contribution in [-0.2, 0) is 11.2 Å². The van der Waals surface area contributed by atoms with E-state index >= 15 is 0 Å². The Morgan fingerprint density at radius 3 is 2.84 bits per heavy atom. The molecule has 1 aromatic heterocycles. The summed E-state index contributed by atoms with van der Waals surface area (Å²) in [4.78, 5) is 10.8. The fourth-order valence-electron chi connectivity index (χ4n) is 2.73. The number of hydrogen-bond donors (Lipinski definition) is 0. The van der Waals surface area contributed by atoms with E-state index in [1.54, 1.807) is 6.33 Å². The van der Waals surface area contributed by atoms with Gasteiger partial charge in [0.1, 0.15) is 17.3 Å². The summed E-state index contributed by atoms with van der Waals surface area (Å²) in [5.74, 6) is 0.963. The normalized spacial score (nSPS) is 22.6. The summed E-state index contributed by atoms with van der Waals surface area (Å²) in [6, 6.07) is 0. The Kier molecular flexibility index (Phi) is 4.31. The molecule has 0 N–H and O–H groups in total. The van der Waals surface area contributed by atoms with E-state index in [0.29, 0.717) is 5.15 Å². The molecule has 4 nitrogen and oxygen atoms in total. The molecule has 5 heteroatoms. The Balaban J connectivity index is 2.33. The van der Waals surface area contributed by atoms with E-state index in [4.69, 9.17) is 16.3 Å². The van der Waals surface area contributed by atoms with Gasteiger partial charge in [0.15, 0.2) is 0 Å². The predicted octanol–water partition coefficient (Wildman–Crippen LogP) is 3.09. The van der Waals surface area contributed by atoms with Crippen LogP contribution >= 0.6 is 11.6 Å². The molecule has 0 amide bonds. The van der Waals surface area contributed by atoms with Crippen molar-refractivity contribution >= 4 is 17.4 Å². The molecule has 0 spiro atoms. The van der Waals surface area contributed by atoms with Gasteiger partial charge in [-0.05, 0) is 27.2 Å². The van der Waals surface area contributed by atoms with E-state index < -0.39 is 0 Å². The van der Waals surface area contributed by atoms with Crippen LogP contribution in [-0.4, -0.2) is 34.8 Å². The Labute approximate surface area is 120 Å². The highest BCUT2D eigenvalue weighted by atomic mass is 35.5. The SMILES string of the molecule is CCCc1c(Cl)ncnc1N1CC(C)OC(C)(C)C1. The molecule has 1 atom stereocenters. The molecule has 106 valence electrons. The average Bonchev–Trinajstić information content (AvgIpc) is 2.29. The third-order valence-corrected chi connectivity index (χ3v) is 3.56. The van der Waals surface area contributed by atoms with Crippen LogP contribution in [0.15, 0.2) is 6.33 Å². The molecule has 0 bridgehead atoms. The van der Waals surface area contributed by atoms with Crippen LogP contribution in [0.5, 0.6) is 0 Å². The topological polar surface area (TPSA) is 38.2 Å². The van der Waals surface area contributed by atoms with Gasteiger partial charge in [0, 0.05) is 18.7 Å². The van der Waals surface area contributed by atoms with Crippen LogP contribution in [0, 0.1) is 0 Å². The lowest BCUT2D eigenvalue weighted by atomic mass is 10.0. The molecule has 19 heavy (non-hydrogen) atoms. The zero-order valence-electron chi connectivity index (χ0n) is 12.1. The minimum atomic E-state index is -0.168. The summed E-state index contributed by atoms with van der Waals surface area (Å²) in [5, 5.41) is 0.573. The Morgan fingerprint density at radius 2 is 2.21 bits per heavy atom. The smallest absolute Gasteiger partial charge is 0.137 e. The monoisotopic (exact) mass is 283 g/mol. The molecule has 1 aliphatic heterocycles. The molecule has 0 radical (unpaired) electrons. The zero-order valence-corrected chi connectivity index (χ0v) is 12.9. The number of rotatable bonds is 3. The van der Waals surface area contributed by atoms with Gasteiger partial charge in [-0.2, -0.15) is 0 Å². The molecule has 0 aromatic carbocycles. The van der Waals surface area contributed by atoms with E-state index in [1.807, 2.05) is 0 Å². The van der Waals surface area contributed by atoms with Crippen molar-refractivity contribution in [1.29, 1.82) is 0 Å². The van der Waals surface area contributed by atoms with E-state index in [9.17, 15) is 0 Å². The average molecular weight is 284 g/mol. The molecule has 2 rings (SSSR count). The Bertz CT molecular complexity index is 450. The summed E-state index contributed by atoms with van der Waals surface area (Å²) in [5.41, 5.74) is 0.884. The van der Waals surface area contributed by atoms with Crippen molar-refractivity contribution in [2.24, 2.45) is 0 Å². The number of aromatic nitrogens is 2. The lowest BCUT2D eigenvalue weighted by molar-refractivity contribution is -0.0752. The van der Waals surface area contributed by atoms with Gasteiger partial charge in [-0.25, -0.2) is 9.97 Å². The molecular weight excluding hydrogens is 262 g/mol. The highest BCUT2D eigenvalue weighted by molar-refractivity contribution is 6.30. The lowest BCUT2D eigenvalue weighted by Gasteiger charge is -2.42. The van der Waals surface area contributed by atoms with Crippen molar-refractivity contribution in [3.8, 4) is 0 Å². The van der Waals surface area contributed by atoms with Crippen molar-refractivity contribution in [3.63, 3.8) is 0 Å². The van der Waals surface area contributed by atoms with Crippen molar-refractivity contribution in [3.05, 3.63) is 17.0 Å².